The van der Waals surface area contributed by atoms with Crippen LogP contribution in [0.4, 0.5) is 5.69 Å². The lowest BCUT2D eigenvalue weighted by atomic mass is 9.98. The van der Waals surface area contributed by atoms with Crippen LogP contribution < -0.4 is 10.9 Å². The van der Waals surface area contributed by atoms with Crippen molar-refractivity contribution in [3.8, 4) is 0 Å². The van der Waals surface area contributed by atoms with Gasteiger partial charge in [-0.25, -0.2) is 15.6 Å². The number of nitrogens with two attached hydrogens (primary N) is 1. The zero-order valence-electron chi connectivity index (χ0n) is 23.6. The van der Waals surface area contributed by atoms with Crippen LogP contribution in [0.25, 0.3) is 0 Å². The highest BCUT2D eigenvalue weighted by molar-refractivity contribution is 6.18. The summed E-state index contributed by atoms with van der Waals surface area (Å²) < 4.78 is 0. The van der Waals surface area contributed by atoms with E-state index in [9.17, 15) is 14.7 Å². The zero-order valence-corrected chi connectivity index (χ0v) is 23.6. The SMILES string of the molecule is C=CCCCCC[C@H](/N=C(\c1ccccc1)c1ccccc1N(N)C(=O)C1CCCN1Cc1ccccc1)C(=O)O. The third kappa shape index (κ3) is 7.99. The monoisotopic (exact) mass is 552 g/mol. The zero-order chi connectivity index (χ0) is 29.0. The number of anilines is 1. The highest BCUT2D eigenvalue weighted by Crippen LogP contribution is 2.27. The first kappa shape index (κ1) is 29.9. The van der Waals surface area contributed by atoms with Crippen molar-refractivity contribution in [2.75, 3.05) is 11.6 Å². The predicted molar refractivity (Wildman–Crippen MR) is 165 cm³/mol. The lowest BCUT2D eigenvalue weighted by molar-refractivity contribution is -0.138. The van der Waals surface area contributed by atoms with Crippen LogP contribution in [0, 0.1) is 0 Å². The lowest BCUT2D eigenvalue weighted by Crippen LogP contribution is -2.49. The van der Waals surface area contributed by atoms with Crippen LogP contribution in [0.5, 0.6) is 0 Å². The number of likely N-dealkylation sites (tertiary alicyclic amines) is 1. The maximum Gasteiger partial charge on any atom is 0.328 e. The molecule has 41 heavy (non-hydrogen) atoms. The Hall–Kier alpha value is -4.07. The standard InChI is InChI=1S/C34H40N4O3/c1-2-3-4-5-12-21-29(34(40)41)36-32(27-18-10-7-11-19-27)28-20-13-14-22-30(28)38(35)33(39)31-23-15-24-37(31)25-26-16-8-6-9-17-26/h2,6-11,13-14,16-20,22,29,31H,1,3-5,12,15,21,23-25,35H2,(H,40,41)/b36-32+/t29-,31?/m0/s1. The summed E-state index contributed by atoms with van der Waals surface area (Å²) in [6.07, 6.45) is 7.49. The number of aliphatic imine (C=N–C) groups is 1. The largest absolute Gasteiger partial charge is 0.480 e. The molecule has 1 fully saturated rings. The van der Waals surface area contributed by atoms with Gasteiger partial charge in [0.05, 0.1) is 17.4 Å². The normalized spacial score (nSPS) is 16.3. The molecule has 3 aromatic carbocycles. The van der Waals surface area contributed by atoms with Crippen molar-refractivity contribution in [1.82, 2.24) is 4.90 Å². The number of allylic oxidation sites excluding steroid dienone is 1. The van der Waals surface area contributed by atoms with E-state index >= 15 is 0 Å². The van der Waals surface area contributed by atoms with Gasteiger partial charge in [0.1, 0.15) is 6.04 Å². The number of carboxylic acid groups (broad SMARTS) is 1. The third-order valence-corrected chi connectivity index (χ3v) is 7.54. The van der Waals surface area contributed by atoms with E-state index in [1.807, 2.05) is 72.8 Å². The average Bonchev–Trinajstić information content (AvgIpc) is 3.46. The maximum atomic E-state index is 13.8. The molecule has 1 amide bonds. The van der Waals surface area contributed by atoms with Crippen molar-refractivity contribution in [1.29, 1.82) is 0 Å². The number of carboxylic acids is 1. The van der Waals surface area contributed by atoms with E-state index in [0.717, 1.165) is 56.2 Å². The number of hydrazine groups is 1. The summed E-state index contributed by atoms with van der Waals surface area (Å²) in [5, 5.41) is 11.3. The number of amides is 1. The second-order valence-electron chi connectivity index (χ2n) is 10.5. The van der Waals surface area contributed by atoms with Gasteiger partial charge in [-0.1, -0.05) is 97.8 Å². The second kappa shape index (κ2) is 15.1. The quantitative estimate of drug-likeness (QED) is 0.0640. The van der Waals surface area contributed by atoms with Crippen LogP contribution in [0.2, 0.25) is 0 Å². The Morgan fingerprint density at radius 1 is 1.00 bits per heavy atom. The summed E-state index contributed by atoms with van der Waals surface area (Å²) in [6, 6.07) is 25.7. The van der Waals surface area contributed by atoms with Gasteiger partial charge in [-0.3, -0.25) is 14.7 Å². The molecule has 0 bridgehead atoms. The molecular weight excluding hydrogens is 512 g/mol. The second-order valence-corrected chi connectivity index (χ2v) is 10.5. The molecule has 3 aromatic rings. The summed E-state index contributed by atoms with van der Waals surface area (Å²) in [4.78, 5) is 33.1. The molecule has 0 spiro atoms. The highest BCUT2D eigenvalue weighted by atomic mass is 16.4. The first-order valence-corrected chi connectivity index (χ1v) is 14.4. The topological polar surface area (TPSA) is 99.2 Å². The molecular formula is C34H40N4O3. The van der Waals surface area contributed by atoms with Gasteiger partial charge in [-0.15, -0.1) is 6.58 Å². The number of rotatable bonds is 14. The number of benzene rings is 3. The Labute approximate surface area is 243 Å². The molecule has 7 heteroatoms. The summed E-state index contributed by atoms with van der Waals surface area (Å²) >= 11 is 0. The molecule has 2 atom stereocenters. The predicted octanol–water partition coefficient (Wildman–Crippen LogP) is 5.99. The minimum absolute atomic E-state index is 0.185. The van der Waals surface area contributed by atoms with Gasteiger partial charge < -0.3 is 5.11 Å². The van der Waals surface area contributed by atoms with E-state index in [1.165, 1.54) is 5.01 Å². The summed E-state index contributed by atoms with van der Waals surface area (Å²) in [5.74, 6) is 5.43. The number of unbranched alkanes of at least 4 members (excludes halogenated alkanes) is 3. The van der Waals surface area contributed by atoms with Crippen LogP contribution in [0.15, 0.2) is 103 Å². The van der Waals surface area contributed by atoms with Crippen molar-refractivity contribution in [2.24, 2.45) is 10.8 Å². The molecule has 0 aromatic heterocycles. The fourth-order valence-corrected chi connectivity index (χ4v) is 5.37. The number of carbonyl (C=O) groups excluding carboxylic acids is 1. The van der Waals surface area contributed by atoms with Crippen molar-refractivity contribution in [3.63, 3.8) is 0 Å². The summed E-state index contributed by atoms with van der Waals surface area (Å²) in [5.41, 5.74) is 3.56. The molecule has 1 saturated heterocycles. The van der Waals surface area contributed by atoms with E-state index in [-0.39, 0.29) is 11.9 Å². The van der Waals surface area contributed by atoms with Crippen LogP contribution in [-0.4, -0.2) is 46.2 Å². The van der Waals surface area contributed by atoms with E-state index in [4.69, 9.17) is 10.8 Å². The van der Waals surface area contributed by atoms with Gasteiger partial charge >= 0.3 is 5.97 Å². The van der Waals surface area contributed by atoms with Crippen molar-refractivity contribution in [3.05, 3.63) is 114 Å². The fourth-order valence-electron chi connectivity index (χ4n) is 5.37. The Balaban J connectivity index is 1.64. The van der Waals surface area contributed by atoms with Gasteiger partial charge in [0, 0.05) is 17.7 Å². The first-order valence-electron chi connectivity index (χ1n) is 14.4. The van der Waals surface area contributed by atoms with Crippen molar-refractivity contribution < 1.29 is 14.7 Å². The van der Waals surface area contributed by atoms with Crippen LogP contribution >= 0.6 is 0 Å². The molecule has 0 aliphatic carbocycles. The molecule has 1 heterocycles. The van der Waals surface area contributed by atoms with E-state index in [0.29, 0.717) is 29.9 Å². The number of hydrogen-bond acceptors (Lipinski definition) is 5. The highest BCUT2D eigenvalue weighted by Gasteiger charge is 2.34. The molecule has 4 rings (SSSR count). The Morgan fingerprint density at radius 3 is 2.39 bits per heavy atom. The minimum atomic E-state index is -0.970. The van der Waals surface area contributed by atoms with Gasteiger partial charge in [0.2, 0.25) is 0 Å². The van der Waals surface area contributed by atoms with Crippen LogP contribution in [-0.2, 0) is 16.1 Å². The van der Waals surface area contributed by atoms with E-state index in [2.05, 4.69) is 23.6 Å². The van der Waals surface area contributed by atoms with Crippen LogP contribution in [0.3, 0.4) is 0 Å². The molecule has 7 nitrogen and oxygen atoms in total. The third-order valence-electron chi connectivity index (χ3n) is 7.54. The molecule has 1 aliphatic rings. The van der Waals surface area contributed by atoms with Crippen molar-refractivity contribution >= 4 is 23.3 Å². The number of aliphatic carboxylic acids is 1. The number of nitrogens with zero attached hydrogens (tertiary/aromatic N) is 3. The maximum absolute atomic E-state index is 13.8. The number of hydrogen-bond donors (Lipinski definition) is 2. The van der Waals surface area contributed by atoms with Crippen LogP contribution in [0.1, 0.15) is 61.6 Å². The van der Waals surface area contributed by atoms with Crippen molar-refractivity contribution in [2.45, 2.75) is 63.6 Å². The summed E-state index contributed by atoms with van der Waals surface area (Å²) in [7, 11) is 0. The summed E-state index contributed by atoms with van der Waals surface area (Å²) in [6.45, 7) is 5.26. The molecule has 0 saturated carbocycles. The van der Waals surface area contributed by atoms with E-state index in [1.54, 1.807) is 6.07 Å². The van der Waals surface area contributed by atoms with Gasteiger partial charge in [-0.2, -0.15) is 0 Å². The average molecular weight is 553 g/mol. The number of carbonyl (C=O) groups is 2. The molecule has 3 N–H and O–H groups in total. The smallest absolute Gasteiger partial charge is 0.328 e. The Kier molecular flexibility index (Phi) is 11.0. The minimum Gasteiger partial charge on any atom is -0.480 e. The van der Waals surface area contributed by atoms with Gasteiger partial charge in [-0.05, 0) is 50.3 Å². The Bertz CT molecular complexity index is 1330. The molecule has 214 valence electrons. The molecule has 1 unspecified atom stereocenters. The van der Waals surface area contributed by atoms with Gasteiger partial charge in [0.15, 0.2) is 0 Å². The molecule has 0 radical (unpaired) electrons. The Morgan fingerprint density at radius 2 is 1.68 bits per heavy atom. The number of para-hydroxylation sites is 1. The van der Waals surface area contributed by atoms with Gasteiger partial charge in [0.25, 0.3) is 5.91 Å². The first-order chi connectivity index (χ1) is 20.0. The fraction of sp³-hybridized carbons (Fsp3) is 0.324. The molecule has 1 aliphatic heterocycles. The van der Waals surface area contributed by atoms with E-state index < -0.39 is 12.0 Å². The lowest BCUT2D eigenvalue weighted by Gasteiger charge is -2.29.